The van der Waals surface area contributed by atoms with E-state index >= 15 is 0 Å². The fraction of sp³-hybridized carbons (Fsp3) is 0.250. The first kappa shape index (κ1) is 10.8. The van der Waals surface area contributed by atoms with Gasteiger partial charge in [-0.2, -0.15) is 0 Å². The minimum atomic E-state index is -4.09. The zero-order valence-corrected chi connectivity index (χ0v) is 9.11. The summed E-state index contributed by atoms with van der Waals surface area (Å²) in [5.74, 6) is -0.105. The fourth-order valence-corrected chi connectivity index (χ4v) is 2.09. The molecule has 1 aliphatic heterocycles. The maximum Gasteiger partial charge on any atom is 0.501 e. The van der Waals surface area contributed by atoms with E-state index < -0.39 is 16.6 Å². The summed E-state index contributed by atoms with van der Waals surface area (Å²) in [6, 6.07) is 2.94. The van der Waals surface area contributed by atoms with Crippen molar-refractivity contribution in [2.75, 3.05) is 11.1 Å². The first-order valence-corrected chi connectivity index (χ1v) is 5.73. The lowest BCUT2D eigenvalue weighted by Crippen LogP contribution is -2.14. The Hall–Kier alpha value is -1.67. The van der Waals surface area contributed by atoms with Crippen molar-refractivity contribution >= 4 is 21.8 Å². The number of hydrogen-bond donors (Lipinski definition) is 3. The number of aliphatic hydroxyl groups excluding tert-OH is 1. The number of nitrogens with one attached hydrogen (secondary N) is 1. The topological polar surface area (TPSA) is 111 Å². The largest absolute Gasteiger partial charge is 0.501 e. The van der Waals surface area contributed by atoms with E-state index in [-0.39, 0.29) is 17.2 Å². The van der Waals surface area contributed by atoms with Gasteiger partial charge in [-0.3, -0.25) is 0 Å². The summed E-state index contributed by atoms with van der Waals surface area (Å²) in [4.78, 5) is 0. The highest BCUT2D eigenvalue weighted by atomic mass is 32.3. The van der Waals surface area contributed by atoms with Crippen molar-refractivity contribution in [1.29, 1.82) is 0 Å². The van der Waals surface area contributed by atoms with Gasteiger partial charge in [-0.05, 0) is 19.1 Å². The summed E-state index contributed by atoms with van der Waals surface area (Å²) in [5.41, 5.74) is 5.97. The van der Waals surface area contributed by atoms with Crippen LogP contribution in [0.5, 0.6) is 11.5 Å². The molecule has 7 nitrogen and oxygen atoms in total. The van der Waals surface area contributed by atoms with Crippen LogP contribution in [-0.2, 0) is 10.4 Å². The Kier molecular flexibility index (Phi) is 2.32. The molecule has 0 spiro atoms. The van der Waals surface area contributed by atoms with E-state index in [4.69, 9.17) is 10.8 Å². The Morgan fingerprint density at radius 2 is 2.00 bits per heavy atom. The molecule has 0 amide bonds. The van der Waals surface area contributed by atoms with Crippen molar-refractivity contribution in [2.45, 2.75) is 13.2 Å². The highest BCUT2D eigenvalue weighted by Crippen LogP contribution is 2.46. The van der Waals surface area contributed by atoms with Crippen LogP contribution < -0.4 is 19.4 Å². The number of rotatable bonds is 2. The molecule has 1 heterocycles. The molecule has 1 aromatic rings. The molecular weight excluding hydrogens is 236 g/mol. The average Bonchev–Trinajstić information content (AvgIpc) is 2.47. The summed E-state index contributed by atoms with van der Waals surface area (Å²) in [6.45, 7) is 1.48. The number of benzene rings is 1. The summed E-state index contributed by atoms with van der Waals surface area (Å²) in [6.07, 6.45) is -0.861. The van der Waals surface area contributed by atoms with Crippen LogP contribution in [0.2, 0.25) is 0 Å². The van der Waals surface area contributed by atoms with E-state index in [2.05, 4.69) is 13.7 Å². The Morgan fingerprint density at radius 3 is 2.62 bits per heavy atom. The van der Waals surface area contributed by atoms with Crippen molar-refractivity contribution in [1.82, 2.24) is 0 Å². The molecule has 1 atom stereocenters. The molecule has 0 aromatic heterocycles. The molecular formula is C8H10N2O5S. The molecule has 0 saturated carbocycles. The monoisotopic (exact) mass is 246 g/mol. The van der Waals surface area contributed by atoms with Crippen LogP contribution in [0.15, 0.2) is 12.1 Å². The van der Waals surface area contributed by atoms with Crippen LogP contribution in [0, 0.1) is 0 Å². The van der Waals surface area contributed by atoms with Crippen molar-refractivity contribution < 1.29 is 21.9 Å². The first-order chi connectivity index (χ1) is 7.39. The van der Waals surface area contributed by atoms with E-state index in [1.165, 1.54) is 19.1 Å². The van der Waals surface area contributed by atoms with E-state index in [1.807, 2.05) is 0 Å². The van der Waals surface area contributed by atoms with E-state index in [1.54, 1.807) is 0 Å². The van der Waals surface area contributed by atoms with E-state index in [9.17, 15) is 8.42 Å². The van der Waals surface area contributed by atoms with Crippen molar-refractivity contribution in [3.8, 4) is 11.5 Å². The van der Waals surface area contributed by atoms with Gasteiger partial charge in [0.05, 0.1) is 11.4 Å². The summed E-state index contributed by atoms with van der Waals surface area (Å²) in [5, 5.41) is 11.7. The van der Waals surface area contributed by atoms with Gasteiger partial charge in [0.1, 0.15) is 6.23 Å². The Labute approximate surface area is 92.1 Å². The fourth-order valence-electron chi connectivity index (χ4n) is 1.31. The maximum absolute atomic E-state index is 11.1. The lowest BCUT2D eigenvalue weighted by Gasteiger charge is -2.10. The molecule has 16 heavy (non-hydrogen) atoms. The van der Waals surface area contributed by atoms with Crippen LogP contribution in [0.4, 0.5) is 11.4 Å². The third-order valence-corrected chi connectivity index (χ3v) is 2.62. The second-order valence-electron chi connectivity index (χ2n) is 3.26. The number of nitrogen functional groups attached to an aromatic ring is 1. The highest BCUT2D eigenvalue weighted by Gasteiger charge is 2.33. The average molecular weight is 246 g/mol. The van der Waals surface area contributed by atoms with Crippen LogP contribution in [-0.4, -0.2) is 19.8 Å². The molecule has 88 valence electrons. The normalized spacial score (nSPS) is 18.1. The van der Waals surface area contributed by atoms with Crippen LogP contribution >= 0.6 is 0 Å². The lowest BCUT2D eigenvalue weighted by atomic mass is 10.2. The third-order valence-electron chi connectivity index (χ3n) is 1.88. The van der Waals surface area contributed by atoms with E-state index in [0.717, 1.165) is 0 Å². The molecule has 2 rings (SSSR count). The van der Waals surface area contributed by atoms with Crippen LogP contribution in [0.25, 0.3) is 0 Å². The second-order valence-corrected chi connectivity index (χ2v) is 4.41. The zero-order chi connectivity index (χ0) is 11.9. The minimum absolute atomic E-state index is 0.0408. The van der Waals surface area contributed by atoms with Gasteiger partial charge in [0, 0.05) is 0 Å². The zero-order valence-electron chi connectivity index (χ0n) is 8.30. The number of aliphatic hydroxyl groups is 1. The Balaban J connectivity index is 2.50. The number of anilines is 2. The second kappa shape index (κ2) is 3.42. The van der Waals surface area contributed by atoms with Gasteiger partial charge in [0.2, 0.25) is 11.5 Å². The summed E-state index contributed by atoms with van der Waals surface area (Å²) < 4.78 is 31.3. The molecule has 0 bridgehead atoms. The lowest BCUT2D eigenvalue weighted by molar-refractivity contribution is 0.224. The van der Waals surface area contributed by atoms with E-state index in [0.29, 0.717) is 5.69 Å². The van der Waals surface area contributed by atoms with Gasteiger partial charge in [0.15, 0.2) is 0 Å². The quantitative estimate of drug-likeness (QED) is 0.498. The molecule has 1 unspecified atom stereocenters. The summed E-state index contributed by atoms with van der Waals surface area (Å²) in [7, 11) is -4.09. The molecule has 0 radical (unpaired) electrons. The van der Waals surface area contributed by atoms with Gasteiger partial charge < -0.3 is 24.5 Å². The maximum atomic E-state index is 11.1. The molecule has 8 heteroatoms. The van der Waals surface area contributed by atoms with Gasteiger partial charge in [-0.25, -0.2) is 0 Å². The first-order valence-electron chi connectivity index (χ1n) is 4.40. The van der Waals surface area contributed by atoms with Gasteiger partial charge in [-0.1, -0.05) is 0 Å². The van der Waals surface area contributed by atoms with Gasteiger partial charge in [0.25, 0.3) is 0 Å². The van der Waals surface area contributed by atoms with Crippen molar-refractivity contribution in [3.63, 3.8) is 0 Å². The van der Waals surface area contributed by atoms with Crippen molar-refractivity contribution in [2.24, 2.45) is 0 Å². The number of nitrogens with two attached hydrogens (primary N) is 1. The molecule has 1 aliphatic rings. The van der Waals surface area contributed by atoms with Crippen molar-refractivity contribution in [3.05, 3.63) is 12.1 Å². The predicted octanol–water partition coefficient (Wildman–Crippen LogP) is 0.0350. The molecule has 0 aliphatic carbocycles. The van der Waals surface area contributed by atoms with Crippen LogP contribution in [0.3, 0.4) is 0 Å². The third kappa shape index (κ3) is 1.84. The SMILES string of the molecule is CC(O)Nc1ccc(N)c2c1OS(=O)(=O)O2. The number of fused-ring (bicyclic) bond motifs is 1. The molecule has 4 N–H and O–H groups in total. The molecule has 1 aromatic carbocycles. The van der Waals surface area contributed by atoms with Gasteiger partial charge in [-0.15, -0.1) is 8.42 Å². The van der Waals surface area contributed by atoms with Crippen LogP contribution in [0.1, 0.15) is 6.92 Å². The highest BCUT2D eigenvalue weighted by molar-refractivity contribution is 7.82. The Morgan fingerprint density at radius 1 is 1.38 bits per heavy atom. The predicted molar refractivity (Wildman–Crippen MR) is 56.3 cm³/mol. The smallest absolute Gasteiger partial charge is 0.396 e. The molecule has 0 fully saturated rings. The standard InChI is InChI=1S/C8H10N2O5S/c1-4(11)10-6-3-2-5(9)7-8(6)15-16(12,13)14-7/h2-4,10-11H,9H2,1H3. The minimum Gasteiger partial charge on any atom is -0.396 e. The van der Waals surface area contributed by atoms with Gasteiger partial charge >= 0.3 is 10.4 Å². The summed E-state index contributed by atoms with van der Waals surface area (Å²) >= 11 is 0. The number of hydrogen-bond acceptors (Lipinski definition) is 7. The Bertz CT molecular complexity index is 525. The molecule has 0 saturated heterocycles.